The molecule has 23 heavy (non-hydrogen) atoms. The van der Waals surface area contributed by atoms with Gasteiger partial charge in [0.15, 0.2) is 0 Å². The van der Waals surface area contributed by atoms with E-state index in [1.54, 1.807) is 23.5 Å². The van der Waals surface area contributed by atoms with Crippen LogP contribution in [0.25, 0.3) is 0 Å². The molecule has 1 N–H and O–H groups in total. The SMILES string of the molecule is Cc1ncsc1CN(C[C@H]1CCNC1)C(=O)c1ccc(Cl)cn1. The van der Waals surface area contributed by atoms with Gasteiger partial charge in [0.05, 0.1) is 22.8 Å². The molecule has 0 saturated carbocycles. The second kappa shape index (κ2) is 7.38. The van der Waals surface area contributed by atoms with Crippen molar-refractivity contribution in [3.8, 4) is 0 Å². The summed E-state index contributed by atoms with van der Waals surface area (Å²) in [6.45, 7) is 5.26. The minimum atomic E-state index is -0.0543. The highest BCUT2D eigenvalue weighted by atomic mass is 35.5. The molecule has 1 fully saturated rings. The summed E-state index contributed by atoms with van der Waals surface area (Å²) in [4.78, 5) is 24.3. The Labute approximate surface area is 144 Å². The number of rotatable bonds is 5. The van der Waals surface area contributed by atoms with Gasteiger partial charge in [-0.2, -0.15) is 0 Å². The average Bonchev–Trinajstić information content (AvgIpc) is 3.19. The average molecular weight is 351 g/mol. The fourth-order valence-corrected chi connectivity index (χ4v) is 3.62. The van der Waals surface area contributed by atoms with Crippen LogP contribution in [0.5, 0.6) is 0 Å². The molecule has 122 valence electrons. The van der Waals surface area contributed by atoms with Crippen molar-refractivity contribution in [2.75, 3.05) is 19.6 Å². The van der Waals surface area contributed by atoms with Gasteiger partial charge in [0, 0.05) is 17.6 Å². The van der Waals surface area contributed by atoms with Gasteiger partial charge in [-0.15, -0.1) is 11.3 Å². The summed E-state index contributed by atoms with van der Waals surface area (Å²) >= 11 is 7.46. The third-order valence-corrected chi connectivity index (χ3v) is 5.20. The predicted molar refractivity (Wildman–Crippen MR) is 91.8 cm³/mol. The van der Waals surface area contributed by atoms with Crippen LogP contribution in [0.2, 0.25) is 5.02 Å². The molecule has 2 aromatic heterocycles. The Hall–Kier alpha value is -1.50. The fraction of sp³-hybridized carbons (Fsp3) is 0.438. The van der Waals surface area contributed by atoms with Gasteiger partial charge in [-0.1, -0.05) is 11.6 Å². The lowest BCUT2D eigenvalue weighted by atomic mass is 10.1. The van der Waals surface area contributed by atoms with Gasteiger partial charge in [0.2, 0.25) is 0 Å². The third kappa shape index (κ3) is 4.07. The number of carbonyl (C=O) groups is 1. The quantitative estimate of drug-likeness (QED) is 0.900. The van der Waals surface area contributed by atoms with Gasteiger partial charge in [0.25, 0.3) is 5.91 Å². The lowest BCUT2D eigenvalue weighted by molar-refractivity contribution is 0.0714. The van der Waals surface area contributed by atoms with Crippen molar-refractivity contribution >= 4 is 28.8 Å². The van der Waals surface area contributed by atoms with E-state index in [2.05, 4.69) is 15.3 Å². The van der Waals surface area contributed by atoms with Crippen LogP contribution in [0.3, 0.4) is 0 Å². The monoisotopic (exact) mass is 350 g/mol. The zero-order chi connectivity index (χ0) is 16.2. The number of aromatic nitrogens is 2. The molecule has 0 aliphatic carbocycles. The number of halogens is 1. The summed E-state index contributed by atoms with van der Waals surface area (Å²) in [6, 6.07) is 3.39. The molecule has 3 heterocycles. The maximum absolute atomic E-state index is 12.9. The summed E-state index contributed by atoms with van der Waals surface area (Å²) < 4.78 is 0. The van der Waals surface area contributed by atoms with Crippen molar-refractivity contribution in [1.82, 2.24) is 20.2 Å². The van der Waals surface area contributed by atoms with Crippen LogP contribution < -0.4 is 5.32 Å². The number of thiazole rings is 1. The van der Waals surface area contributed by atoms with Gasteiger partial charge in [-0.3, -0.25) is 4.79 Å². The highest BCUT2D eigenvalue weighted by Crippen LogP contribution is 2.20. The molecule has 0 radical (unpaired) electrons. The van der Waals surface area contributed by atoms with E-state index >= 15 is 0 Å². The van der Waals surface area contributed by atoms with Crippen molar-refractivity contribution in [2.24, 2.45) is 5.92 Å². The van der Waals surface area contributed by atoms with Crippen LogP contribution in [0.15, 0.2) is 23.8 Å². The number of pyridine rings is 1. The first-order chi connectivity index (χ1) is 11.1. The molecular formula is C16H19ClN4OS. The molecule has 1 amide bonds. The molecule has 0 spiro atoms. The van der Waals surface area contributed by atoms with Gasteiger partial charge in [-0.05, 0) is 44.5 Å². The predicted octanol–water partition coefficient (Wildman–Crippen LogP) is 2.75. The highest BCUT2D eigenvalue weighted by molar-refractivity contribution is 7.09. The number of hydrogen-bond donors (Lipinski definition) is 1. The lowest BCUT2D eigenvalue weighted by Crippen LogP contribution is -2.36. The summed E-state index contributed by atoms with van der Waals surface area (Å²) in [5, 5.41) is 3.89. The molecule has 3 rings (SSSR count). The molecule has 5 nitrogen and oxygen atoms in total. The second-order valence-electron chi connectivity index (χ2n) is 5.77. The fourth-order valence-electron chi connectivity index (χ4n) is 2.72. The summed E-state index contributed by atoms with van der Waals surface area (Å²) in [6.07, 6.45) is 2.61. The number of carbonyl (C=O) groups excluding carboxylic acids is 1. The normalized spacial score (nSPS) is 17.4. The molecule has 7 heteroatoms. The second-order valence-corrected chi connectivity index (χ2v) is 7.14. The number of nitrogens with one attached hydrogen (secondary N) is 1. The van der Waals surface area contributed by atoms with Gasteiger partial charge in [-0.25, -0.2) is 9.97 Å². The van der Waals surface area contributed by atoms with Crippen molar-refractivity contribution in [2.45, 2.75) is 19.9 Å². The Morgan fingerprint density at radius 3 is 2.96 bits per heavy atom. The van der Waals surface area contributed by atoms with Crippen LogP contribution in [-0.2, 0) is 6.54 Å². The van der Waals surface area contributed by atoms with E-state index in [1.807, 2.05) is 17.3 Å². The lowest BCUT2D eigenvalue weighted by Gasteiger charge is -2.25. The van der Waals surface area contributed by atoms with E-state index in [-0.39, 0.29) is 5.91 Å². The molecule has 0 bridgehead atoms. The molecule has 0 unspecified atom stereocenters. The van der Waals surface area contributed by atoms with Crippen molar-refractivity contribution < 1.29 is 4.79 Å². The van der Waals surface area contributed by atoms with E-state index in [1.165, 1.54) is 6.20 Å². The van der Waals surface area contributed by atoms with E-state index < -0.39 is 0 Å². The van der Waals surface area contributed by atoms with Crippen LogP contribution in [0.1, 0.15) is 27.5 Å². The van der Waals surface area contributed by atoms with E-state index in [4.69, 9.17) is 11.6 Å². The van der Waals surface area contributed by atoms with E-state index in [0.29, 0.717) is 23.2 Å². The maximum atomic E-state index is 12.9. The molecule has 0 aromatic carbocycles. The minimum absolute atomic E-state index is 0.0543. The summed E-state index contributed by atoms with van der Waals surface area (Å²) in [7, 11) is 0. The first-order valence-corrected chi connectivity index (χ1v) is 8.89. The summed E-state index contributed by atoms with van der Waals surface area (Å²) in [5.74, 6) is 0.431. The maximum Gasteiger partial charge on any atom is 0.272 e. The zero-order valence-electron chi connectivity index (χ0n) is 13.0. The van der Waals surface area contributed by atoms with E-state index in [9.17, 15) is 4.79 Å². The van der Waals surface area contributed by atoms with Crippen molar-refractivity contribution in [3.05, 3.63) is 45.1 Å². The first-order valence-electron chi connectivity index (χ1n) is 7.64. The van der Waals surface area contributed by atoms with Crippen LogP contribution in [0, 0.1) is 12.8 Å². The topological polar surface area (TPSA) is 58.1 Å². The Bertz CT molecular complexity index is 667. The number of nitrogens with zero attached hydrogens (tertiary/aromatic N) is 3. The summed E-state index contributed by atoms with van der Waals surface area (Å²) in [5.41, 5.74) is 3.24. The standard InChI is InChI=1S/C16H19ClN4OS/c1-11-15(23-10-20-11)9-21(8-12-4-5-18-6-12)16(22)14-3-2-13(17)7-19-14/h2-3,7,10,12,18H,4-6,8-9H2,1H3/t12-/m0/s1. The molecule has 1 aliphatic rings. The molecule has 1 aliphatic heterocycles. The Balaban J connectivity index is 1.79. The minimum Gasteiger partial charge on any atom is -0.332 e. The Morgan fingerprint density at radius 1 is 1.48 bits per heavy atom. The largest absolute Gasteiger partial charge is 0.332 e. The Morgan fingerprint density at radius 2 is 2.35 bits per heavy atom. The Kier molecular flexibility index (Phi) is 5.25. The smallest absolute Gasteiger partial charge is 0.272 e. The third-order valence-electron chi connectivity index (χ3n) is 4.05. The highest BCUT2D eigenvalue weighted by Gasteiger charge is 2.24. The van der Waals surface area contributed by atoms with Crippen LogP contribution >= 0.6 is 22.9 Å². The number of hydrogen-bond acceptors (Lipinski definition) is 5. The van der Waals surface area contributed by atoms with E-state index in [0.717, 1.165) is 36.6 Å². The van der Waals surface area contributed by atoms with Gasteiger partial charge >= 0.3 is 0 Å². The number of amides is 1. The molecule has 2 aromatic rings. The van der Waals surface area contributed by atoms with Crippen molar-refractivity contribution in [1.29, 1.82) is 0 Å². The van der Waals surface area contributed by atoms with Crippen molar-refractivity contribution in [3.63, 3.8) is 0 Å². The molecule has 1 saturated heterocycles. The van der Waals surface area contributed by atoms with Crippen LogP contribution in [-0.4, -0.2) is 40.4 Å². The molecule has 1 atom stereocenters. The zero-order valence-corrected chi connectivity index (χ0v) is 14.5. The number of aryl methyl sites for hydroxylation is 1. The van der Waals surface area contributed by atoms with Gasteiger partial charge < -0.3 is 10.2 Å². The first kappa shape index (κ1) is 16.4. The van der Waals surface area contributed by atoms with Crippen LogP contribution in [0.4, 0.5) is 0 Å². The molecular weight excluding hydrogens is 332 g/mol. The van der Waals surface area contributed by atoms with Gasteiger partial charge in [0.1, 0.15) is 5.69 Å².